The van der Waals surface area contributed by atoms with Crippen LogP contribution in [0, 0.1) is 0 Å². The van der Waals surface area contributed by atoms with Crippen LogP contribution >= 0.6 is 12.6 Å². The summed E-state index contributed by atoms with van der Waals surface area (Å²) in [5.74, 6) is 0.822. The van der Waals surface area contributed by atoms with Crippen molar-refractivity contribution in [2.75, 3.05) is 18.8 Å². The number of benzene rings is 1. The monoisotopic (exact) mass is 221 g/mol. The second kappa shape index (κ2) is 7.55. The molecule has 82 valence electrons. The molecule has 1 nitrogen and oxygen atoms in total. The number of thiol groups is 1. The van der Waals surface area contributed by atoms with Crippen LogP contribution in [-0.4, -0.2) is 23.7 Å². The molecule has 0 aromatic heterocycles. The third kappa shape index (κ3) is 5.05. The first-order chi connectivity index (χ1) is 7.36. The van der Waals surface area contributed by atoms with Gasteiger partial charge in [-0.05, 0) is 12.1 Å². The minimum absolute atomic E-state index is 0.822. The van der Waals surface area contributed by atoms with Crippen LogP contribution in [-0.2, 0) is 6.54 Å². The van der Waals surface area contributed by atoms with E-state index in [2.05, 4.69) is 66.9 Å². The molecule has 0 saturated carbocycles. The van der Waals surface area contributed by atoms with Crippen LogP contribution in [0.5, 0.6) is 0 Å². The zero-order chi connectivity index (χ0) is 10.9. The Labute approximate surface area is 98.2 Å². The summed E-state index contributed by atoms with van der Waals surface area (Å²) in [6, 6.07) is 10.6. The third-order valence-electron chi connectivity index (χ3n) is 2.33. The molecule has 0 aliphatic heterocycles. The standard InChI is InChI=1S/C13H19NS/c1-2-14(10-6-7-11-15)12-13-8-4-3-5-9-13/h3-9,15H,2,10-12H2,1H3/b7-6+. The van der Waals surface area contributed by atoms with Gasteiger partial charge in [-0.15, -0.1) is 0 Å². The number of hydrogen-bond acceptors (Lipinski definition) is 2. The summed E-state index contributed by atoms with van der Waals surface area (Å²) in [5, 5.41) is 0. The van der Waals surface area contributed by atoms with Crippen LogP contribution in [0.3, 0.4) is 0 Å². The molecule has 1 aromatic rings. The summed E-state index contributed by atoms with van der Waals surface area (Å²) in [7, 11) is 0. The molecule has 0 heterocycles. The zero-order valence-corrected chi connectivity index (χ0v) is 10.2. The molecule has 0 fully saturated rings. The van der Waals surface area contributed by atoms with Crippen LogP contribution in [0.4, 0.5) is 0 Å². The van der Waals surface area contributed by atoms with Crippen LogP contribution in [0.1, 0.15) is 12.5 Å². The fourth-order valence-electron chi connectivity index (χ4n) is 1.45. The lowest BCUT2D eigenvalue weighted by Gasteiger charge is -2.18. The summed E-state index contributed by atoms with van der Waals surface area (Å²) in [4.78, 5) is 2.40. The van der Waals surface area contributed by atoms with E-state index in [1.807, 2.05) is 0 Å². The molecular formula is C13H19NS. The van der Waals surface area contributed by atoms with Crippen LogP contribution in [0.2, 0.25) is 0 Å². The van der Waals surface area contributed by atoms with Crippen molar-refractivity contribution in [2.45, 2.75) is 13.5 Å². The van der Waals surface area contributed by atoms with Crippen molar-refractivity contribution in [1.82, 2.24) is 4.90 Å². The van der Waals surface area contributed by atoms with Gasteiger partial charge in [0.1, 0.15) is 0 Å². The van der Waals surface area contributed by atoms with Gasteiger partial charge in [0.25, 0.3) is 0 Å². The van der Waals surface area contributed by atoms with Crippen molar-refractivity contribution in [2.24, 2.45) is 0 Å². The minimum Gasteiger partial charge on any atom is -0.296 e. The maximum atomic E-state index is 4.15. The Morgan fingerprint density at radius 1 is 1.20 bits per heavy atom. The maximum absolute atomic E-state index is 4.15. The molecule has 0 radical (unpaired) electrons. The zero-order valence-electron chi connectivity index (χ0n) is 9.26. The van der Waals surface area contributed by atoms with Crippen molar-refractivity contribution >= 4 is 12.6 Å². The smallest absolute Gasteiger partial charge is 0.0236 e. The van der Waals surface area contributed by atoms with Gasteiger partial charge in [-0.1, -0.05) is 49.4 Å². The first-order valence-electron chi connectivity index (χ1n) is 5.39. The van der Waals surface area contributed by atoms with Crippen molar-refractivity contribution in [3.8, 4) is 0 Å². The Kier molecular flexibility index (Phi) is 6.21. The Morgan fingerprint density at radius 3 is 2.53 bits per heavy atom. The average Bonchev–Trinajstić information content (AvgIpc) is 2.29. The Balaban J connectivity index is 2.43. The van der Waals surface area contributed by atoms with E-state index in [0.717, 1.165) is 25.4 Å². The number of likely N-dealkylation sites (N-methyl/N-ethyl adjacent to an activating group) is 1. The van der Waals surface area contributed by atoms with Crippen molar-refractivity contribution in [3.63, 3.8) is 0 Å². The minimum atomic E-state index is 0.822. The van der Waals surface area contributed by atoms with Crippen molar-refractivity contribution in [3.05, 3.63) is 48.0 Å². The summed E-state index contributed by atoms with van der Waals surface area (Å²) < 4.78 is 0. The predicted octanol–water partition coefficient (Wildman–Crippen LogP) is 2.99. The topological polar surface area (TPSA) is 3.24 Å². The summed E-state index contributed by atoms with van der Waals surface area (Å²) in [6.07, 6.45) is 4.27. The number of hydrogen-bond donors (Lipinski definition) is 1. The lowest BCUT2D eigenvalue weighted by atomic mass is 10.2. The molecule has 15 heavy (non-hydrogen) atoms. The predicted molar refractivity (Wildman–Crippen MR) is 70.4 cm³/mol. The molecule has 1 rings (SSSR count). The lowest BCUT2D eigenvalue weighted by molar-refractivity contribution is 0.311. The van der Waals surface area contributed by atoms with Gasteiger partial charge in [-0.2, -0.15) is 12.6 Å². The van der Waals surface area contributed by atoms with Gasteiger partial charge in [-0.25, -0.2) is 0 Å². The SMILES string of the molecule is CCN(C/C=C/CS)Cc1ccccc1. The van der Waals surface area contributed by atoms with E-state index in [1.54, 1.807) is 0 Å². The van der Waals surface area contributed by atoms with E-state index < -0.39 is 0 Å². The fourth-order valence-corrected chi connectivity index (χ4v) is 1.59. The first kappa shape index (κ1) is 12.3. The molecule has 0 spiro atoms. The highest BCUT2D eigenvalue weighted by Crippen LogP contribution is 2.03. The van der Waals surface area contributed by atoms with E-state index >= 15 is 0 Å². The third-order valence-corrected chi connectivity index (χ3v) is 2.54. The molecule has 0 atom stereocenters. The summed E-state index contributed by atoms with van der Waals surface area (Å²) in [6.45, 7) is 5.30. The molecule has 0 N–H and O–H groups in total. The van der Waals surface area contributed by atoms with E-state index in [4.69, 9.17) is 0 Å². The van der Waals surface area contributed by atoms with Gasteiger partial charge in [-0.3, -0.25) is 4.90 Å². The van der Waals surface area contributed by atoms with Crippen LogP contribution in [0.15, 0.2) is 42.5 Å². The highest BCUT2D eigenvalue weighted by atomic mass is 32.1. The van der Waals surface area contributed by atoms with Crippen molar-refractivity contribution < 1.29 is 0 Å². The largest absolute Gasteiger partial charge is 0.296 e. The van der Waals surface area contributed by atoms with E-state index in [9.17, 15) is 0 Å². The lowest BCUT2D eigenvalue weighted by Crippen LogP contribution is -2.22. The molecule has 0 saturated heterocycles. The molecule has 0 unspecified atom stereocenters. The van der Waals surface area contributed by atoms with E-state index in [1.165, 1.54) is 5.56 Å². The Bertz CT molecular complexity index is 282. The first-order valence-corrected chi connectivity index (χ1v) is 6.02. The van der Waals surface area contributed by atoms with Crippen LogP contribution in [0.25, 0.3) is 0 Å². The fraction of sp³-hybridized carbons (Fsp3) is 0.385. The summed E-state index contributed by atoms with van der Waals surface area (Å²) in [5.41, 5.74) is 1.37. The normalized spacial score (nSPS) is 11.4. The van der Waals surface area contributed by atoms with Gasteiger partial charge < -0.3 is 0 Å². The van der Waals surface area contributed by atoms with Crippen molar-refractivity contribution in [1.29, 1.82) is 0 Å². The van der Waals surface area contributed by atoms with E-state index in [0.29, 0.717) is 0 Å². The molecule has 0 amide bonds. The molecule has 2 heteroatoms. The Hall–Kier alpha value is -0.730. The van der Waals surface area contributed by atoms with Gasteiger partial charge in [0.05, 0.1) is 0 Å². The molecule has 0 aliphatic rings. The molecule has 0 aliphatic carbocycles. The number of nitrogens with zero attached hydrogens (tertiary/aromatic N) is 1. The second-order valence-corrected chi connectivity index (χ2v) is 3.83. The van der Waals surface area contributed by atoms with Gasteiger partial charge in [0.15, 0.2) is 0 Å². The van der Waals surface area contributed by atoms with Gasteiger partial charge in [0, 0.05) is 18.8 Å². The maximum Gasteiger partial charge on any atom is 0.0236 e. The van der Waals surface area contributed by atoms with Gasteiger partial charge in [0.2, 0.25) is 0 Å². The highest BCUT2D eigenvalue weighted by Gasteiger charge is 2.00. The molecular weight excluding hydrogens is 202 g/mol. The quantitative estimate of drug-likeness (QED) is 0.571. The van der Waals surface area contributed by atoms with E-state index in [-0.39, 0.29) is 0 Å². The molecule has 1 aromatic carbocycles. The summed E-state index contributed by atoms with van der Waals surface area (Å²) >= 11 is 4.15. The number of rotatable bonds is 6. The average molecular weight is 221 g/mol. The Morgan fingerprint density at radius 2 is 1.93 bits per heavy atom. The van der Waals surface area contributed by atoms with Crippen LogP contribution < -0.4 is 0 Å². The highest BCUT2D eigenvalue weighted by molar-refractivity contribution is 7.80. The second-order valence-electron chi connectivity index (χ2n) is 3.47. The molecule has 0 bridgehead atoms. The van der Waals surface area contributed by atoms with Gasteiger partial charge >= 0.3 is 0 Å².